The van der Waals surface area contributed by atoms with Crippen molar-refractivity contribution in [2.45, 2.75) is 6.92 Å². The number of anilines is 1. The summed E-state index contributed by atoms with van der Waals surface area (Å²) in [4.78, 5) is 4.08. The number of hydrogen-bond acceptors (Lipinski definition) is 3. The van der Waals surface area contributed by atoms with Gasteiger partial charge in [0.15, 0.2) is 0 Å². The molecule has 1 aromatic rings. The largest absolute Gasteiger partial charge is 0.358 e. The van der Waals surface area contributed by atoms with E-state index >= 15 is 0 Å². The molecular weight excluding hydrogens is 126 g/mol. The molecule has 0 fully saturated rings. The van der Waals surface area contributed by atoms with Crippen LogP contribution in [0.15, 0.2) is 18.3 Å². The van der Waals surface area contributed by atoms with Gasteiger partial charge in [0.2, 0.25) is 0 Å². The van der Waals surface area contributed by atoms with E-state index in [2.05, 4.69) is 10.3 Å². The van der Waals surface area contributed by atoms with Crippen molar-refractivity contribution in [1.29, 1.82) is 0 Å². The van der Waals surface area contributed by atoms with Gasteiger partial charge in [-0.25, -0.2) is 4.98 Å². The number of rotatable bonds is 2. The van der Waals surface area contributed by atoms with Gasteiger partial charge >= 0.3 is 0 Å². The van der Waals surface area contributed by atoms with Gasteiger partial charge in [-0.3, -0.25) is 0 Å². The van der Waals surface area contributed by atoms with E-state index in [0.29, 0.717) is 6.67 Å². The van der Waals surface area contributed by atoms with Gasteiger partial charge in [0, 0.05) is 6.20 Å². The number of pyridine rings is 1. The second kappa shape index (κ2) is 3.17. The molecule has 10 heavy (non-hydrogen) atoms. The molecule has 0 aliphatic heterocycles. The quantitative estimate of drug-likeness (QED) is 0.590. The maximum Gasteiger partial charge on any atom is 0.126 e. The van der Waals surface area contributed by atoms with Crippen LogP contribution < -0.4 is 11.1 Å². The van der Waals surface area contributed by atoms with Gasteiger partial charge in [-0.15, -0.1) is 0 Å². The van der Waals surface area contributed by atoms with E-state index < -0.39 is 0 Å². The lowest BCUT2D eigenvalue weighted by molar-refractivity contribution is 1.10. The molecule has 0 unspecified atom stereocenters. The maximum absolute atomic E-state index is 5.25. The van der Waals surface area contributed by atoms with Gasteiger partial charge in [-0.05, 0) is 18.6 Å². The van der Waals surface area contributed by atoms with E-state index in [0.717, 1.165) is 11.4 Å². The lowest BCUT2D eigenvalue weighted by atomic mass is 10.3. The first-order valence-corrected chi connectivity index (χ1v) is 3.19. The summed E-state index contributed by atoms with van der Waals surface area (Å²) in [6, 6.07) is 3.90. The minimum absolute atomic E-state index is 0.427. The molecule has 0 saturated heterocycles. The zero-order valence-electron chi connectivity index (χ0n) is 5.96. The molecule has 1 aromatic heterocycles. The fourth-order valence-electron chi connectivity index (χ4n) is 0.677. The van der Waals surface area contributed by atoms with Crippen LogP contribution in [0.4, 0.5) is 5.82 Å². The molecule has 3 heteroatoms. The van der Waals surface area contributed by atoms with Crippen LogP contribution in [0, 0.1) is 6.92 Å². The average Bonchev–Trinajstić information content (AvgIpc) is 1.95. The number of hydrogen-bond donors (Lipinski definition) is 2. The Morgan fingerprint density at radius 2 is 2.40 bits per heavy atom. The van der Waals surface area contributed by atoms with E-state index in [1.54, 1.807) is 6.20 Å². The molecule has 0 amide bonds. The molecule has 1 rings (SSSR count). The predicted molar refractivity (Wildman–Crippen MR) is 41.7 cm³/mol. The minimum atomic E-state index is 0.427. The van der Waals surface area contributed by atoms with Gasteiger partial charge in [0.05, 0.1) is 6.67 Å². The normalized spacial score (nSPS) is 9.40. The first kappa shape index (κ1) is 7.02. The highest BCUT2D eigenvalue weighted by atomic mass is 15.0. The number of nitrogens with two attached hydrogens (primary N) is 1. The second-order valence-electron chi connectivity index (χ2n) is 2.10. The Balaban J connectivity index is 2.69. The Kier molecular flexibility index (Phi) is 2.23. The molecule has 0 spiro atoms. The lowest BCUT2D eigenvalue weighted by Gasteiger charge is -2.00. The van der Waals surface area contributed by atoms with Crippen molar-refractivity contribution in [3.8, 4) is 0 Å². The topological polar surface area (TPSA) is 50.9 Å². The third-order valence-corrected chi connectivity index (χ3v) is 1.19. The fraction of sp³-hybridized carbons (Fsp3) is 0.286. The third kappa shape index (κ3) is 1.70. The van der Waals surface area contributed by atoms with Crippen molar-refractivity contribution in [2.75, 3.05) is 12.0 Å². The lowest BCUT2D eigenvalue weighted by Crippen LogP contribution is -2.11. The van der Waals surface area contributed by atoms with Crippen molar-refractivity contribution in [2.24, 2.45) is 5.73 Å². The molecule has 0 radical (unpaired) electrons. The first-order chi connectivity index (χ1) is 4.83. The van der Waals surface area contributed by atoms with Crippen molar-refractivity contribution in [3.05, 3.63) is 23.9 Å². The Morgan fingerprint density at radius 1 is 1.60 bits per heavy atom. The summed E-state index contributed by atoms with van der Waals surface area (Å²) in [6.07, 6.45) is 1.80. The number of nitrogens with zero attached hydrogens (tertiary/aromatic N) is 1. The van der Waals surface area contributed by atoms with E-state index in [1.165, 1.54) is 0 Å². The molecule has 0 atom stereocenters. The van der Waals surface area contributed by atoms with Crippen LogP contribution in [-0.2, 0) is 0 Å². The minimum Gasteiger partial charge on any atom is -0.358 e. The van der Waals surface area contributed by atoms with Gasteiger partial charge in [-0.1, -0.05) is 6.07 Å². The highest BCUT2D eigenvalue weighted by molar-refractivity contribution is 5.34. The molecule has 0 aliphatic carbocycles. The average molecular weight is 137 g/mol. The van der Waals surface area contributed by atoms with Gasteiger partial charge in [0.1, 0.15) is 5.82 Å². The molecule has 3 N–H and O–H groups in total. The van der Waals surface area contributed by atoms with E-state index in [1.807, 2.05) is 19.1 Å². The molecule has 1 heterocycles. The summed E-state index contributed by atoms with van der Waals surface area (Å²) in [6.45, 7) is 2.43. The Hall–Kier alpha value is -1.09. The van der Waals surface area contributed by atoms with Crippen LogP contribution in [0.5, 0.6) is 0 Å². The zero-order valence-corrected chi connectivity index (χ0v) is 5.96. The van der Waals surface area contributed by atoms with Crippen molar-refractivity contribution in [1.82, 2.24) is 4.98 Å². The Labute approximate surface area is 60.3 Å². The van der Waals surface area contributed by atoms with Crippen molar-refractivity contribution in [3.63, 3.8) is 0 Å². The van der Waals surface area contributed by atoms with Gasteiger partial charge in [-0.2, -0.15) is 0 Å². The second-order valence-corrected chi connectivity index (χ2v) is 2.10. The summed E-state index contributed by atoms with van der Waals surface area (Å²) >= 11 is 0. The van der Waals surface area contributed by atoms with Crippen LogP contribution in [0.1, 0.15) is 5.56 Å². The summed E-state index contributed by atoms with van der Waals surface area (Å²) in [5.41, 5.74) is 6.40. The molecule has 0 aromatic carbocycles. The monoisotopic (exact) mass is 137 g/mol. The predicted octanol–water partition coefficient (Wildman–Crippen LogP) is 0.718. The van der Waals surface area contributed by atoms with E-state index in [9.17, 15) is 0 Å². The molecule has 0 aliphatic rings. The number of nitrogens with one attached hydrogen (secondary N) is 1. The van der Waals surface area contributed by atoms with Gasteiger partial charge in [0.25, 0.3) is 0 Å². The third-order valence-electron chi connectivity index (χ3n) is 1.19. The molecule has 54 valence electrons. The van der Waals surface area contributed by atoms with Crippen LogP contribution in [0.25, 0.3) is 0 Å². The molecule has 0 saturated carbocycles. The van der Waals surface area contributed by atoms with Crippen LogP contribution in [-0.4, -0.2) is 11.7 Å². The van der Waals surface area contributed by atoms with E-state index in [-0.39, 0.29) is 0 Å². The number of aromatic nitrogens is 1. The Bertz CT molecular complexity index is 193. The van der Waals surface area contributed by atoms with Crippen LogP contribution in [0.3, 0.4) is 0 Å². The van der Waals surface area contributed by atoms with E-state index in [4.69, 9.17) is 5.73 Å². The summed E-state index contributed by atoms with van der Waals surface area (Å²) in [5.74, 6) is 0.827. The smallest absolute Gasteiger partial charge is 0.126 e. The summed E-state index contributed by atoms with van der Waals surface area (Å²) < 4.78 is 0. The van der Waals surface area contributed by atoms with Crippen LogP contribution in [0.2, 0.25) is 0 Å². The standard InChI is InChI=1S/C7H11N3/c1-6-2-3-7(9-4-6)10-5-8/h2-4H,5,8H2,1H3,(H,9,10). The van der Waals surface area contributed by atoms with Crippen molar-refractivity contribution < 1.29 is 0 Å². The van der Waals surface area contributed by atoms with Crippen LogP contribution >= 0.6 is 0 Å². The number of aryl methyl sites for hydroxylation is 1. The summed E-state index contributed by atoms with van der Waals surface area (Å²) in [5, 5.41) is 2.90. The zero-order chi connectivity index (χ0) is 7.40. The fourth-order valence-corrected chi connectivity index (χ4v) is 0.677. The van der Waals surface area contributed by atoms with Crippen molar-refractivity contribution >= 4 is 5.82 Å². The SMILES string of the molecule is Cc1ccc(NCN)nc1. The Morgan fingerprint density at radius 3 is 2.90 bits per heavy atom. The molecule has 0 bridgehead atoms. The molecular formula is C7H11N3. The highest BCUT2D eigenvalue weighted by Gasteiger charge is 1.87. The maximum atomic E-state index is 5.25. The van der Waals surface area contributed by atoms with Gasteiger partial charge < -0.3 is 11.1 Å². The summed E-state index contributed by atoms with van der Waals surface area (Å²) in [7, 11) is 0. The molecule has 3 nitrogen and oxygen atoms in total. The first-order valence-electron chi connectivity index (χ1n) is 3.19. The highest BCUT2D eigenvalue weighted by Crippen LogP contribution is 2.01.